The molecule has 118 valence electrons. The van der Waals surface area contributed by atoms with Crippen molar-refractivity contribution in [3.8, 4) is 0 Å². The lowest BCUT2D eigenvalue weighted by Crippen LogP contribution is -2.39. The van der Waals surface area contributed by atoms with E-state index in [1.807, 2.05) is 37.1 Å². The van der Waals surface area contributed by atoms with Crippen molar-refractivity contribution < 1.29 is 9.59 Å². The molecule has 0 aliphatic carbocycles. The molecule has 2 N–H and O–H groups in total. The lowest BCUT2D eigenvalue weighted by Gasteiger charge is -2.26. The van der Waals surface area contributed by atoms with E-state index in [0.717, 1.165) is 30.8 Å². The van der Waals surface area contributed by atoms with Crippen LogP contribution in [0.15, 0.2) is 18.2 Å². The van der Waals surface area contributed by atoms with Gasteiger partial charge in [0.15, 0.2) is 0 Å². The minimum atomic E-state index is -0.0963. The van der Waals surface area contributed by atoms with Crippen molar-refractivity contribution in [3.63, 3.8) is 0 Å². The van der Waals surface area contributed by atoms with Crippen molar-refractivity contribution in [1.82, 2.24) is 15.5 Å². The molecule has 0 spiro atoms. The normalized spacial score (nSPS) is 21.1. The lowest BCUT2D eigenvalue weighted by atomic mass is 10.0. The van der Waals surface area contributed by atoms with Gasteiger partial charge in [-0.1, -0.05) is 6.07 Å². The van der Waals surface area contributed by atoms with Gasteiger partial charge in [0.2, 0.25) is 0 Å². The molecular weight excluding hydrogens is 280 g/mol. The molecule has 0 radical (unpaired) electrons. The standard InChI is InChI=1S/C16H22N4O2/c1-11-13(15(21)19(2)12-6-7-17-10-12)4-3-5-14(11)20-9-8-18-16(20)22/h3-5,12,17H,6-10H2,1-2H3,(H,18,22)/t12-/m1/s1. The van der Waals surface area contributed by atoms with Gasteiger partial charge in [-0.3, -0.25) is 9.69 Å². The minimum absolute atomic E-state index is 0.0210. The fraction of sp³-hybridized carbons (Fsp3) is 0.500. The SMILES string of the molecule is Cc1c(C(=O)N(C)[C@@H]2CCNC2)cccc1N1CCNC1=O. The van der Waals surface area contributed by atoms with E-state index in [9.17, 15) is 9.59 Å². The van der Waals surface area contributed by atoms with Crippen LogP contribution in [0, 0.1) is 6.92 Å². The van der Waals surface area contributed by atoms with Crippen LogP contribution in [-0.4, -0.2) is 56.1 Å². The van der Waals surface area contributed by atoms with E-state index in [1.165, 1.54) is 0 Å². The van der Waals surface area contributed by atoms with Gasteiger partial charge in [-0.05, 0) is 37.6 Å². The number of benzene rings is 1. The monoisotopic (exact) mass is 302 g/mol. The fourth-order valence-electron chi connectivity index (χ4n) is 3.17. The van der Waals surface area contributed by atoms with E-state index in [1.54, 1.807) is 4.90 Å². The van der Waals surface area contributed by atoms with Gasteiger partial charge in [-0.2, -0.15) is 0 Å². The first kappa shape index (κ1) is 14.8. The van der Waals surface area contributed by atoms with Gasteiger partial charge in [-0.25, -0.2) is 4.79 Å². The molecule has 1 aromatic rings. The number of carbonyl (C=O) groups is 2. The average Bonchev–Trinajstić information content (AvgIpc) is 3.18. The van der Waals surface area contributed by atoms with Crippen LogP contribution in [0.5, 0.6) is 0 Å². The summed E-state index contributed by atoms with van der Waals surface area (Å²) in [5.41, 5.74) is 2.35. The summed E-state index contributed by atoms with van der Waals surface area (Å²) >= 11 is 0. The lowest BCUT2D eigenvalue weighted by molar-refractivity contribution is 0.0743. The van der Waals surface area contributed by atoms with Crippen LogP contribution in [0.4, 0.5) is 10.5 Å². The topological polar surface area (TPSA) is 64.7 Å². The quantitative estimate of drug-likeness (QED) is 0.874. The molecule has 22 heavy (non-hydrogen) atoms. The fourth-order valence-corrected chi connectivity index (χ4v) is 3.17. The Labute approximate surface area is 130 Å². The van der Waals surface area contributed by atoms with Gasteiger partial charge in [0.1, 0.15) is 0 Å². The van der Waals surface area contributed by atoms with Gasteiger partial charge in [-0.15, -0.1) is 0 Å². The van der Waals surface area contributed by atoms with Gasteiger partial charge in [0.05, 0.1) is 0 Å². The number of urea groups is 1. The molecule has 0 bridgehead atoms. The summed E-state index contributed by atoms with van der Waals surface area (Å²) in [4.78, 5) is 28.2. The highest BCUT2D eigenvalue weighted by atomic mass is 16.2. The van der Waals surface area contributed by atoms with E-state index in [-0.39, 0.29) is 18.0 Å². The Bertz CT molecular complexity index is 596. The Kier molecular flexibility index (Phi) is 4.02. The van der Waals surface area contributed by atoms with Crippen molar-refractivity contribution in [3.05, 3.63) is 29.3 Å². The van der Waals surface area contributed by atoms with Crippen LogP contribution < -0.4 is 15.5 Å². The van der Waals surface area contributed by atoms with Gasteiger partial charge < -0.3 is 15.5 Å². The Morgan fingerprint density at radius 2 is 2.18 bits per heavy atom. The molecule has 1 aromatic carbocycles. The Hall–Kier alpha value is -2.08. The van der Waals surface area contributed by atoms with Gasteiger partial charge in [0, 0.05) is 44.0 Å². The van der Waals surface area contributed by atoms with Gasteiger partial charge >= 0.3 is 6.03 Å². The summed E-state index contributed by atoms with van der Waals surface area (Å²) in [5, 5.41) is 6.08. The highest BCUT2D eigenvalue weighted by Crippen LogP contribution is 2.26. The predicted molar refractivity (Wildman–Crippen MR) is 85.3 cm³/mol. The molecule has 2 saturated heterocycles. The molecule has 2 aliphatic heterocycles. The number of likely N-dealkylation sites (N-methyl/N-ethyl adjacent to an activating group) is 1. The van der Waals surface area contributed by atoms with E-state index in [4.69, 9.17) is 0 Å². The summed E-state index contributed by atoms with van der Waals surface area (Å²) in [6.07, 6.45) is 0.982. The summed E-state index contributed by atoms with van der Waals surface area (Å²) in [5.74, 6) is 0.0210. The zero-order valence-corrected chi connectivity index (χ0v) is 13.1. The summed E-state index contributed by atoms with van der Waals surface area (Å²) in [7, 11) is 1.86. The Morgan fingerprint density at radius 3 is 2.82 bits per heavy atom. The third kappa shape index (κ3) is 2.54. The first-order chi connectivity index (χ1) is 10.6. The maximum atomic E-state index is 12.8. The number of hydrogen-bond acceptors (Lipinski definition) is 3. The van der Waals surface area contributed by atoms with Crippen LogP contribution in [0.2, 0.25) is 0 Å². The van der Waals surface area contributed by atoms with Crippen molar-refractivity contribution in [2.45, 2.75) is 19.4 Å². The van der Waals surface area contributed by atoms with Crippen molar-refractivity contribution in [2.75, 3.05) is 38.1 Å². The van der Waals surface area contributed by atoms with E-state index in [2.05, 4.69) is 10.6 Å². The number of anilines is 1. The third-order valence-electron chi connectivity index (χ3n) is 4.59. The zero-order chi connectivity index (χ0) is 15.7. The highest BCUT2D eigenvalue weighted by Gasteiger charge is 2.28. The predicted octanol–water partition coefficient (Wildman–Crippen LogP) is 0.959. The zero-order valence-electron chi connectivity index (χ0n) is 13.1. The maximum absolute atomic E-state index is 12.8. The second kappa shape index (κ2) is 5.96. The largest absolute Gasteiger partial charge is 0.337 e. The van der Waals surface area contributed by atoms with Crippen molar-refractivity contribution in [2.24, 2.45) is 0 Å². The number of amides is 3. The van der Waals surface area contributed by atoms with Crippen molar-refractivity contribution >= 4 is 17.6 Å². The van der Waals surface area contributed by atoms with Crippen LogP contribution >= 0.6 is 0 Å². The summed E-state index contributed by atoms with van der Waals surface area (Å²) < 4.78 is 0. The third-order valence-corrected chi connectivity index (χ3v) is 4.59. The van der Waals surface area contributed by atoms with Crippen LogP contribution in [-0.2, 0) is 0 Å². The van der Waals surface area contributed by atoms with E-state index < -0.39 is 0 Å². The molecule has 3 rings (SSSR count). The summed E-state index contributed by atoms with van der Waals surface area (Å²) in [6.45, 7) is 4.99. The number of nitrogens with zero attached hydrogens (tertiary/aromatic N) is 2. The number of hydrogen-bond donors (Lipinski definition) is 2. The molecule has 1 atom stereocenters. The number of carbonyl (C=O) groups excluding carboxylic acids is 2. The molecular formula is C16H22N4O2. The molecule has 0 aromatic heterocycles. The van der Waals surface area contributed by atoms with Crippen molar-refractivity contribution in [1.29, 1.82) is 0 Å². The van der Waals surface area contributed by atoms with Gasteiger partial charge in [0.25, 0.3) is 5.91 Å². The minimum Gasteiger partial charge on any atom is -0.337 e. The second-order valence-electron chi connectivity index (χ2n) is 5.90. The summed E-state index contributed by atoms with van der Waals surface area (Å²) in [6, 6.07) is 5.73. The molecule has 6 nitrogen and oxygen atoms in total. The Morgan fingerprint density at radius 1 is 1.36 bits per heavy atom. The van der Waals surface area contributed by atoms with Crippen LogP contribution in [0.25, 0.3) is 0 Å². The highest BCUT2D eigenvalue weighted by molar-refractivity contribution is 6.00. The molecule has 6 heteroatoms. The second-order valence-corrected chi connectivity index (χ2v) is 5.90. The molecule has 2 heterocycles. The molecule has 3 amide bonds. The Balaban J connectivity index is 1.87. The number of nitrogens with one attached hydrogen (secondary N) is 2. The molecule has 2 aliphatic rings. The van der Waals surface area contributed by atoms with E-state index >= 15 is 0 Å². The molecule has 2 fully saturated rings. The number of rotatable bonds is 3. The smallest absolute Gasteiger partial charge is 0.322 e. The average molecular weight is 302 g/mol. The molecule has 0 unspecified atom stereocenters. The molecule has 0 saturated carbocycles. The first-order valence-electron chi connectivity index (χ1n) is 7.72. The van der Waals surface area contributed by atoms with Crippen LogP contribution in [0.1, 0.15) is 22.3 Å². The maximum Gasteiger partial charge on any atom is 0.322 e. The van der Waals surface area contributed by atoms with E-state index in [0.29, 0.717) is 18.7 Å². The first-order valence-corrected chi connectivity index (χ1v) is 7.72. The van der Waals surface area contributed by atoms with Crippen LogP contribution in [0.3, 0.4) is 0 Å².